The molecule has 0 unspecified atom stereocenters. The third-order valence-corrected chi connectivity index (χ3v) is 5.88. The summed E-state index contributed by atoms with van der Waals surface area (Å²) < 4.78 is 0. The molecule has 4 heteroatoms. The number of carbonyl (C=O) groups is 2. The van der Waals surface area contributed by atoms with Crippen LogP contribution in [-0.2, 0) is 9.59 Å². The topological polar surface area (TPSA) is 49.7 Å². The van der Waals surface area contributed by atoms with E-state index < -0.39 is 0 Å². The Morgan fingerprint density at radius 3 is 1.67 bits per heavy atom. The standard InChI is InChI=1S/C29H30N2O2/c1-28(2,3)22-17-20(18-23(26(22)32)29(4,5)6)24-25(19-13-9-7-10-14-19)30-31(27(24)33)21-15-11-8-12-16-21/h7-18H,1-6H3. The minimum absolute atomic E-state index is 0.0444. The number of hydrogen-bond acceptors (Lipinski definition) is 3. The Labute approximate surface area is 196 Å². The number of allylic oxidation sites excluding steroid dienone is 5. The molecule has 0 radical (unpaired) electrons. The van der Waals surface area contributed by atoms with Crippen LogP contribution >= 0.6 is 0 Å². The molecule has 0 fully saturated rings. The molecule has 1 aliphatic carbocycles. The maximum atomic E-state index is 13.8. The van der Waals surface area contributed by atoms with Crippen molar-refractivity contribution in [3.05, 3.63) is 101 Å². The molecule has 33 heavy (non-hydrogen) atoms. The highest BCUT2D eigenvalue weighted by atomic mass is 16.2. The van der Waals surface area contributed by atoms with Gasteiger partial charge in [0.2, 0.25) is 0 Å². The van der Waals surface area contributed by atoms with E-state index in [0.29, 0.717) is 28.1 Å². The van der Waals surface area contributed by atoms with Gasteiger partial charge in [-0.15, -0.1) is 0 Å². The van der Waals surface area contributed by atoms with Gasteiger partial charge in [-0.2, -0.15) is 10.1 Å². The fraction of sp³-hybridized carbons (Fsp3) is 0.276. The Bertz CT molecular complexity index is 1200. The second-order valence-corrected chi connectivity index (χ2v) is 10.5. The van der Waals surface area contributed by atoms with E-state index in [4.69, 9.17) is 5.10 Å². The molecule has 1 heterocycles. The van der Waals surface area contributed by atoms with Gasteiger partial charge in [-0.1, -0.05) is 90.1 Å². The molecule has 0 bridgehead atoms. The Morgan fingerprint density at radius 1 is 0.697 bits per heavy atom. The molecule has 2 aromatic carbocycles. The number of anilines is 1. The van der Waals surface area contributed by atoms with E-state index in [1.165, 1.54) is 5.01 Å². The highest BCUT2D eigenvalue weighted by molar-refractivity contribution is 6.36. The SMILES string of the molecule is CC(C)(C)C1=CC(=C2C(=O)N(c3ccccc3)N=C2c2ccccc2)C=C(C(C)(C)C)C1=O. The summed E-state index contributed by atoms with van der Waals surface area (Å²) in [6, 6.07) is 19.2. The van der Waals surface area contributed by atoms with Crippen molar-refractivity contribution in [1.82, 2.24) is 0 Å². The van der Waals surface area contributed by atoms with Crippen molar-refractivity contribution < 1.29 is 9.59 Å². The van der Waals surface area contributed by atoms with Crippen LogP contribution in [-0.4, -0.2) is 17.4 Å². The predicted molar refractivity (Wildman–Crippen MR) is 134 cm³/mol. The minimum atomic E-state index is -0.363. The molecule has 1 amide bonds. The summed E-state index contributed by atoms with van der Waals surface area (Å²) in [5.41, 5.74) is 4.11. The average Bonchev–Trinajstić information content (AvgIpc) is 3.11. The number of rotatable bonds is 2. The smallest absolute Gasteiger partial charge is 0.281 e. The summed E-state index contributed by atoms with van der Waals surface area (Å²) in [4.78, 5) is 27.2. The van der Waals surface area contributed by atoms with Crippen molar-refractivity contribution in [2.24, 2.45) is 15.9 Å². The Kier molecular flexibility index (Phi) is 5.57. The van der Waals surface area contributed by atoms with Crippen LogP contribution in [0.15, 0.2) is 100 Å². The molecule has 2 aliphatic rings. The molecule has 0 spiro atoms. The van der Waals surface area contributed by atoms with Gasteiger partial charge in [0.15, 0.2) is 5.78 Å². The second-order valence-electron chi connectivity index (χ2n) is 10.5. The molecule has 4 nitrogen and oxygen atoms in total. The molecule has 0 N–H and O–H groups in total. The normalized spacial score (nSPS) is 17.3. The van der Waals surface area contributed by atoms with Crippen LogP contribution in [0.25, 0.3) is 0 Å². The molecule has 0 aromatic heterocycles. The number of para-hydroxylation sites is 1. The lowest BCUT2D eigenvalue weighted by Gasteiger charge is -2.31. The van der Waals surface area contributed by atoms with Gasteiger partial charge >= 0.3 is 0 Å². The molecule has 1 aliphatic heterocycles. The monoisotopic (exact) mass is 438 g/mol. The first-order valence-corrected chi connectivity index (χ1v) is 11.3. The van der Waals surface area contributed by atoms with Gasteiger partial charge < -0.3 is 0 Å². The summed E-state index contributed by atoms with van der Waals surface area (Å²) in [5.74, 6) is -0.152. The van der Waals surface area contributed by atoms with Crippen molar-refractivity contribution in [2.75, 3.05) is 5.01 Å². The van der Waals surface area contributed by atoms with Gasteiger partial charge in [-0.25, -0.2) is 0 Å². The summed E-state index contributed by atoms with van der Waals surface area (Å²) in [6.45, 7) is 12.2. The lowest BCUT2D eigenvalue weighted by molar-refractivity contribution is -0.115. The van der Waals surface area contributed by atoms with Crippen molar-refractivity contribution in [3.63, 3.8) is 0 Å². The third kappa shape index (κ3) is 4.25. The number of Topliss-reactive ketones (excluding diaryl/α,β-unsaturated/α-hetero) is 1. The van der Waals surface area contributed by atoms with Crippen LogP contribution in [0.5, 0.6) is 0 Å². The van der Waals surface area contributed by atoms with E-state index in [2.05, 4.69) is 0 Å². The first kappa shape index (κ1) is 22.7. The first-order valence-electron chi connectivity index (χ1n) is 11.3. The number of benzene rings is 2. The first-order chi connectivity index (χ1) is 15.5. The number of hydrogen-bond donors (Lipinski definition) is 0. The van der Waals surface area contributed by atoms with Gasteiger partial charge in [0.05, 0.1) is 11.3 Å². The highest BCUT2D eigenvalue weighted by Gasteiger charge is 2.38. The zero-order chi connectivity index (χ0) is 24.0. The molecular formula is C29H30N2O2. The van der Waals surface area contributed by atoms with Crippen molar-refractivity contribution in [2.45, 2.75) is 41.5 Å². The fourth-order valence-electron chi connectivity index (χ4n) is 4.09. The van der Waals surface area contributed by atoms with Gasteiger partial charge in [-0.05, 0) is 40.7 Å². The molecule has 0 saturated carbocycles. The van der Waals surface area contributed by atoms with Gasteiger partial charge in [0, 0.05) is 16.7 Å². The highest BCUT2D eigenvalue weighted by Crippen LogP contribution is 2.41. The second kappa shape index (κ2) is 8.11. The molecule has 2 aromatic rings. The minimum Gasteiger partial charge on any atom is -0.289 e. The van der Waals surface area contributed by atoms with Gasteiger partial charge in [0.25, 0.3) is 5.91 Å². The van der Waals surface area contributed by atoms with Crippen molar-refractivity contribution in [1.29, 1.82) is 0 Å². The van der Waals surface area contributed by atoms with Gasteiger partial charge in [-0.3, -0.25) is 9.59 Å². The van der Waals surface area contributed by atoms with E-state index in [-0.39, 0.29) is 22.5 Å². The van der Waals surface area contributed by atoms with E-state index >= 15 is 0 Å². The Hall–Kier alpha value is -3.53. The third-order valence-electron chi connectivity index (χ3n) is 5.88. The van der Waals surface area contributed by atoms with Crippen LogP contribution in [0.1, 0.15) is 47.1 Å². The maximum absolute atomic E-state index is 13.8. The van der Waals surface area contributed by atoms with E-state index in [1.807, 2.05) is 114 Å². The van der Waals surface area contributed by atoms with E-state index in [0.717, 1.165) is 11.1 Å². The average molecular weight is 439 g/mol. The molecule has 0 atom stereocenters. The number of hydrazone groups is 1. The lowest BCUT2D eigenvalue weighted by Crippen LogP contribution is -2.29. The number of amides is 1. The number of carbonyl (C=O) groups excluding carboxylic acids is 2. The predicted octanol–water partition coefficient (Wildman–Crippen LogP) is 6.26. The van der Waals surface area contributed by atoms with Crippen molar-refractivity contribution >= 4 is 23.1 Å². The molecule has 4 rings (SSSR count). The van der Waals surface area contributed by atoms with Crippen LogP contribution in [0.3, 0.4) is 0 Å². The summed E-state index contributed by atoms with van der Waals surface area (Å²) in [7, 11) is 0. The van der Waals surface area contributed by atoms with Crippen LogP contribution < -0.4 is 5.01 Å². The summed E-state index contributed by atoms with van der Waals surface area (Å²) in [6.07, 6.45) is 3.77. The Morgan fingerprint density at radius 2 is 1.18 bits per heavy atom. The number of ketones is 1. The molecular weight excluding hydrogens is 408 g/mol. The quantitative estimate of drug-likeness (QED) is 0.520. The fourth-order valence-corrected chi connectivity index (χ4v) is 4.09. The van der Waals surface area contributed by atoms with Gasteiger partial charge in [0.1, 0.15) is 5.71 Å². The number of nitrogens with zero attached hydrogens (tertiary/aromatic N) is 2. The zero-order valence-corrected chi connectivity index (χ0v) is 20.1. The van der Waals surface area contributed by atoms with Crippen LogP contribution in [0, 0.1) is 10.8 Å². The van der Waals surface area contributed by atoms with Crippen molar-refractivity contribution in [3.8, 4) is 0 Å². The van der Waals surface area contributed by atoms with E-state index in [1.54, 1.807) is 0 Å². The summed E-state index contributed by atoms with van der Waals surface area (Å²) in [5, 5.41) is 6.21. The van der Waals surface area contributed by atoms with E-state index in [9.17, 15) is 9.59 Å². The lowest BCUT2D eigenvalue weighted by atomic mass is 9.71. The zero-order valence-electron chi connectivity index (χ0n) is 20.1. The maximum Gasteiger partial charge on any atom is 0.281 e. The Balaban J connectivity index is 2.00. The molecule has 168 valence electrons. The largest absolute Gasteiger partial charge is 0.289 e. The molecule has 0 saturated heterocycles. The van der Waals surface area contributed by atoms with Crippen LogP contribution in [0.2, 0.25) is 0 Å². The van der Waals surface area contributed by atoms with Crippen LogP contribution in [0.4, 0.5) is 5.69 Å². The summed E-state index contributed by atoms with van der Waals surface area (Å²) >= 11 is 0.